The van der Waals surface area contributed by atoms with Crippen molar-refractivity contribution in [1.29, 1.82) is 0 Å². The highest BCUT2D eigenvalue weighted by Gasteiger charge is 2.26. The molecule has 200 valence electrons. The van der Waals surface area contributed by atoms with Crippen molar-refractivity contribution in [1.82, 2.24) is 29.4 Å². The van der Waals surface area contributed by atoms with E-state index in [4.69, 9.17) is 4.98 Å². The molecule has 0 bridgehead atoms. The molecule has 37 heavy (non-hydrogen) atoms. The number of thioether (sulfide) groups is 1. The molecule has 1 aromatic carbocycles. The van der Waals surface area contributed by atoms with Crippen LogP contribution in [0.3, 0.4) is 0 Å². The second-order valence-corrected chi connectivity index (χ2v) is 12.4. The monoisotopic (exact) mass is 545 g/mol. The zero-order valence-electron chi connectivity index (χ0n) is 21.6. The Morgan fingerprint density at radius 1 is 1.11 bits per heavy atom. The van der Waals surface area contributed by atoms with E-state index >= 15 is 0 Å². The number of rotatable bonds is 11. The Labute approximate surface area is 222 Å². The third-order valence-electron chi connectivity index (χ3n) is 6.01. The first kappa shape index (κ1) is 27.3. The van der Waals surface area contributed by atoms with E-state index in [0.717, 1.165) is 48.3 Å². The lowest BCUT2D eigenvalue weighted by Gasteiger charge is -2.25. The highest BCUT2D eigenvalue weighted by atomic mass is 32.2. The molecule has 0 radical (unpaired) electrons. The molecule has 3 heterocycles. The molecule has 1 amide bonds. The van der Waals surface area contributed by atoms with Crippen LogP contribution in [0.25, 0.3) is 11.0 Å². The van der Waals surface area contributed by atoms with E-state index < -0.39 is 10.0 Å². The summed E-state index contributed by atoms with van der Waals surface area (Å²) >= 11 is 1.61. The number of benzene rings is 1. The van der Waals surface area contributed by atoms with Gasteiger partial charge in [-0.2, -0.15) is 9.40 Å². The van der Waals surface area contributed by atoms with Gasteiger partial charge in [0.05, 0.1) is 23.0 Å². The van der Waals surface area contributed by atoms with Crippen LogP contribution in [0.5, 0.6) is 0 Å². The van der Waals surface area contributed by atoms with Crippen LogP contribution in [-0.4, -0.2) is 69.8 Å². The van der Waals surface area contributed by atoms with E-state index in [1.165, 1.54) is 16.4 Å². The molecule has 1 aliphatic heterocycles. The zero-order valence-corrected chi connectivity index (χ0v) is 23.2. The lowest BCUT2D eigenvalue weighted by molar-refractivity contribution is 0.0952. The van der Waals surface area contributed by atoms with Crippen molar-refractivity contribution < 1.29 is 13.2 Å². The summed E-state index contributed by atoms with van der Waals surface area (Å²) in [7, 11) is -3.52. The molecule has 1 fully saturated rings. The number of nitrogens with zero attached hydrogens (tertiary/aromatic N) is 5. The van der Waals surface area contributed by atoms with Gasteiger partial charge in [0.1, 0.15) is 5.82 Å². The Balaban J connectivity index is 1.41. The third-order valence-corrected chi connectivity index (χ3v) is 8.98. The molecule has 0 spiro atoms. The molecule has 3 aromatic rings. The zero-order chi connectivity index (χ0) is 26.4. The number of aromatic nitrogens is 4. The Morgan fingerprint density at radius 2 is 1.84 bits per heavy atom. The molecule has 2 N–H and O–H groups in total. The standard InChI is InChI=1S/C25H35N7O3S2/c1-4-16-36-25-29-22(28-18(2)3)21-17-27-32(23(21)30-25)15-12-26-24(33)19-8-10-20(11-9-19)37(34,35)31-13-6-5-7-14-31/h8-11,17-18H,4-7,12-16H2,1-3H3,(H,26,33)(H,28,29,30). The normalized spacial score (nSPS) is 14.8. The summed E-state index contributed by atoms with van der Waals surface area (Å²) < 4.78 is 29.0. The number of fused-ring (bicyclic) bond motifs is 1. The molecule has 2 aromatic heterocycles. The summed E-state index contributed by atoms with van der Waals surface area (Å²) in [5.41, 5.74) is 1.13. The van der Waals surface area contributed by atoms with Crippen LogP contribution in [-0.2, 0) is 16.6 Å². The molecule has 1 aliphatic rings. The second kappa shape index (κ2) is 12.2. The van der Waals surface area contributed by atoms with E-state index in [2.05, 4.69) is 41.5 Å². The lowest BCUT2D eigenvalue weighted by Crippen LogP contribution is -2.35. The summed E-state index contributed by atoms with van der Waals surface area (Å²) in [4.78, 5) is 22.3. The van der Waals surface area contributed by atoms with Crippen LogP contribution in [0.2, 0.25) is 0 Å². The average Bonchev–Trinajstić information content (AvgIpc) is 3.30. The molecule has 0 aliphatic carbocycles. The quantitative estimate of drug-likeness (QED) is 0.276. The van der Waals surface area contributed by atoms with Crippen molar-refractivity contribution >= 4 is 44.5 Å². The van der Waals surface area contributed by atoms with Crippen LogP contribution >= 0.6 is 11.8 Å². The molecule has 0 unspecified atom stereocenters. The minimum atomic E-state index is -3.52. The van der Waals surface area contributed by atoms with Gasteiger partial charge >= 0.3 is 0 Å². The fourth-order valence-corrected chi connectivity index (χ4v) is 6.36. The van der Waals surface area contributed by atoms with Crippen molar-refractivity contribution in [2.24, 2.45) is 0 Å². The summed E-state index contributed by atoms with van der Waals surface area (Å²) in [6.45, 7) is 8.11. The SMILES string of the molecule is CCCSc1nc(NC(C)C)c2cnn(CCNC(=O)c3ccc(S(=O)(=O)N4CCCCC4)cc3)c2n1. The minimum Gasteiger partial charge on any atom is -0.367 e. The Hall–Kier alpha value is -2.70. The first-order valence-corrected chi connectivity index (χ1v) is 15.2. The molecule has 0 atom stereocenters. The molecule has 0 saturated carbocycles. The second-order valence-electron chi connectivity index (χ2n) is 9.35. The maximum Gasteiger partial charge on any atom is 0.251 e. The Morgan fingerprint density at radius 3 is 2.51 bits per heavy atom. The third kappa shape index (κ3) is 6.60. The molecule has 1 saturated heterocycles. The number of piperidine rings is 1. The number of sulfonamides is 1. The van der Waals surface area contributed by atoms with E-state index in [0.29, 0.717) is 36.9 Å². The first-order chi connectivity index (χ1) is 17.8. The lowest BCUT2D eigenvalue weighted by atomic mass is 10.2. The van der Waals surface area contributed by atoms with Gasteiger partial charge in [0.2, 0.25) is 10.0 Å². The number of hydrogen-bond donors (Lipinski definition) is 2. The fraction of sp³-hybridized carbons (Fsp3) is 0.520. The highest BCUT2D eigenvalue weighted by molar-refractivity contribution is 7.99. The van der Waals surface area contributed by atoms with Crippen LogP contribution in [0, 0.1) is 0 Å². The average molecular weight is 546 g/mol. The van der Waals surface area contributed by atoms with E-state index in [-0.39, 0.29) is 16.8 Å². The van der Waals surface area contributed by atoms with E-state index in [1.807, 2.05) is 0 Å². The van der Waals surface area contributed by atoms with Gasteiger partial charge in [0.25, 0.3) is 5.91 Å². The number of hydrogen-bond acceptors (Lipinski definition) is 8. The van der Waals surface area contributed by atoms with Crippen molar-refractivity contribution in [3.63, 3.8) is 0 Å². The van der Waals surface area contributed by atoms with Crippen molar-refractivity contribution in [3.8, 4) is 0 Å². The van der Waals surface area contributed by atoms with Gasteiger partial charge in [-0.3, -0.25) is 4.79 Å². The highest BCUT2D eigenvalue weighted by Crippen LogP contribution is 2.25. The number of nitrogens with one attached hydrogen (secondary N) is 2. The molecule has 10 nitrogen and oxygen atoms in total. The Bertz CT molecular complexity index is 1320. The van der Waals surface area contributed by atoms with Gasteiger partial charge in [-0.25, -0.2) is 23.1 Å². The van der Waals surface area contributed by atoms with Gasteiger partial charge in [0.15, 0.2) is 10.8 Å². The number of carbonyl (C=O) groups is 1. The van der Waals surface area contributed by atoms with Crippen LogP contribution in [0.4, 0.5) is 5.82 Å². The Kier molecular flexibility index (Phi) is 9.04. The van der Waals surface area contributed by atoms with Crippen LogP contribution < -0.4 is 10.6 Å². The van der Waals surface area contributed by atoms with Crippen molar-refractivity contribution in [2.75, 3.05) is 30.7 Å². The van der Waals surface area contributed by atoms with Gasteiger partial charge in [-0.15, -0.1) is 0 Å². The van der Waals surface area contributed by atoms with Crippen LogP contribution in [0.15, 0.2) is 40.5 Å². The number of anilines is 1. The number of amides is 1. The predicted molar refractivity (Wildman–Crippen MR) is 146 cm³/mol. The maximum atomic E-state index is 12.8. The largest absolute Gasteiger partial charge is 0.367 e. The van der Waals surface area contributed by atoms with Gasteiger partial charge in [-0.1, -0.05) is 25.1 Å². The summed E-state index contributed by atoms with van der Waals surface area (Å²) in [5, 5.41) is 12.3. The van der Waals surface area contributed by atoms with Crippen molar-refractivity contribution in [2.45, 2.75) is 69.1 Å². The van der Waals surface area contributed by atoms with Crippen molar-refractivity contribution in [3.05, 3.63) is 36.0 Å². The van der Waals surface area contributed by atoms with Gasteiger partial charge in [-0.05, 0) is 57.4 Å². The minimum absolute atomic E-state index is 0.214. The molecular weight excluding hydrogens is 510 g/mol. The predicted octanol–water partition coefficient (Wildman–Crippen LogP) is 3.75. The maximum absolute atomic E-state index is 12.8. The fourth-order valence-electron chi connectivity index (χ4n) is 4.15. The smallest absolute Gasteiger partial charge is 0.251 e. The molecule has 4 rings (SSSR count). The summed E-state index contributed by atoms with van der Waals surface area (Å²) in [5.74, 6) is 1.41. The van der Waals surface area contributed by atoms with E-state index in [9.17, 15) is 13.2 Å². The topological polar surface area (TPSA) is 122 Å². The number of carbonyl (C=O) groups excluding carboxylic acids is 1. The van der Waals surface area contributed by atoms with E-state index in [1.54, 1.807) is 34.8 Å². The summed E-state index contributed by atoms with van der Waals surface area (Å²) in [6, 6.07) is 6.35. The van der Waals surface area contributed by atoms with Gasteiger partial charge < -0.3 is 10.6 Å². The molecule has 12 heteroatoms. The van der Waals surface area contributed by atoms with Gasteiger partial charge in [0, 0.05) is 37.0 Å². The van der Waals surface area contributed by atoms with Crippen LogP contribution in [0.1, 0.15) is 56.8 Å². The first-order valence-electron chi connectivity index (χ1n) is 12.8. The summed E-state index contributed by atoms with van der Waals surface area (Å²) in [6.07, 6.45) is 5.59. The molecular formula is C25H35N7O3S2.